The van der Waals surface area contributed by atoms with E-state index in [0.29, 0.717) is 13.0 Å². The van der Waals surface area contributed by atoms with Crippen LogP contribution in [0.1, 0.15) is 53.2 Å². The van der Waals surface area contributed by atoms with Gasteiger partial charge < -0.3 is 10.4 Å². The minimum absolute atomic E-state index is 0.0197. The number of carbonyl (C=O) groups excluding carboxylic acids is 1. The molecule has 3 nitrogen and oxygen atoms in total. The highest BCUT2D eigenvalue weighted by Gasteiger charge is 2.12. The van der Waals surface area contributed by atoms with E-state index < -0.39 is 0 Å². The summed E-state index contributed by atoms with van der Waals surface area (Å²) in [6.07, 6.45) is 3.17. The lowest BCUT2D eigenvalue weighted by atomic mass is 10.1. The molecular formula is C14H23NO2S. The highest BCUT2D eigenvalue weighted by molar-refractivity contribution is 7.14. The van der Waals surface area contributed by atoms with Crippen LogP contribution < -0.4 is 5.32 Å². The van der Waals surface area contributed by atoms with E-state index in [9.17, 15) is 9.90 Å². The van der Waals surface area contributed by atoms with Crippen molar-refractivity contribution in [3.05, 3.63) is 21.4 Å². The SMILES string of the molecule is CCCc1cc(C(=O)NCCC(O)CC)sc1C. The maximum absolute atomic E-state index is 11.9. The van der Waals surface area contributed by atoms with Gasteiger partial charge in [-0.1, -0.05) is 20.3 Å². The Morgan fingerprint density at radius 1 is 1.50 bits per heavy atom. The second kappa shape index (κ2) is 7.54. The Kier molecular flexibility index (Phi) is 6.36. The number of carbonyl (C=O) groups is 1. The first-order chi connectivity index (χ1) is 8.58. The van der Waals surface area contributed by atoms with Crippen molar-refractivity contribution in [1.29, 1.82) is 0 Å². The van der Waals surface area contributed by atoms with Crippen LogP contribution in [0.25, 0.3) is 0 Å². The zero-order valence-corrected chi connectivity index (χ0v) is 12.3. The van der Waals surface area contributed by atoms with E-state index >= 15 is 0 Å². The third-order valence-corrected chi connectivity index (χ3v) is 4.09. The summed E-state index contributed by atoms with van der Waals surface area (Å²) in [7, 11) is 0. The van der Waals surface area contributed by atoms with Crippen LogP contribution in [0.2, 0.25) is 0 Å². The third-order valence-electron chi connectivity index (χ3n) is 3.00. The molecule has 0 fully saturated rings. The van der Waals surface area contributed by atoms with Crippen LogP contribution in [0.5, 0.6) is 0 Å². The Hall–Kier alpha value is -0.870. The van der Waals surface area contributed by atoms with Gasteiger partial charge in [-0.25, -0.2) is 0 Å². The third kappa shape index (κ3) is 4.42. The van der Waals surface area contributed by atoms with Crippen molar-refractivity contribution in [1.82, 2.24) is 5.32 Å². The van der Waals surface area contributed by atoms with Gasteiger partial charge >= 0.3 is 0 Å². The molecule has 4 heteroatoms. The van der Waals surface area contributed by atoms with Crippen LogP contribution in [0, 0.1) is 6.92 Å². The fourth-order valence-electron chi connectivity index (χ4n) is 1.79. The molecule has 0 spiro atoms. The second-order valence-corrected chi connectivity index (χ2v) is 5.81. The molecule has 1 heterocycles. The molecule has 0 aliphatic rings. The highest BCUT2D eigenvalue weighted by Crippen LogP contribution is 2.22. The Labute approximate surface area is 113 Å². The first kappa shape index (κ1) is 15.2. The van der Waals surface area contributed by atoms with Crippen molar-refractivity contribution in [2.45, 2.75) is 52.6 Å². The van der Waals surface area contributed by atoms with E-state index in [-0.39, 0.29) is 12.0 Å². The van der Waals surface area contributed by atoms with Gasteiger partial charge in [0.25, 0.3) is 5.91 Å². The minimum atomic E-state index is -0.314. The largest absolute Gasteiger partial charge is 0.393 e. The molecule has 0 saturated heterocycles. The van der Waals surface area contributed by atoms with Gasteiger partial charge in [-0.3, -0.25) is 4.79 Å². The summed E-state index contributed by atoms with van der Waals surface area (Å²) in [4.78, 5) is 13.9. The summed E-state index contributed by atoms with van der Waals surface area (Å²) < 4.78 is 0. The monoisotopic (exact) mass is 269 g/mol. The first-order valence-electron chi connectivity index (χ1n) is 6.64. The summed E-state index contributed by atoms with van der Waals surface area (Å²) in [5, 5.41) is 12.3. The minimum Gasteiger partial charge on any atom is -0.393 e. The Bertz CT molecular complexity index is 387. The molecule has 0 saturated carbocycles. The van der Waals surface area contributed by atoms with Gasteiger partial charge in [0.2, 0.25) is 0 Å². The molecule has 0 aromatic carbocycles. The number of aryl methyl sites for hydroxylation is 2. The van der Waals surface area contributed by atoms with Gasteiger partial charge in [0.1, 0.15) is 0 Å². The van der Waals surface area contributed by atoms with Crippen LogP contribution in [0.4, 0.5) is 0 Å². The number of thiophene rings is 1. The Morgan fingerprint density at radius 3 is 2.83 bits per heavy atom. The van der Waals surface area contributed by atoms with E-state index in [1.165, 1.54) is 10.4 Å². The predicted octanol–water partition coefficient (Wildman–Crippen LogP) is 2.90. The van der Waals surface area contributed by atoms with E-state index in [1.807, 2.05) is 13.0 Å². The summed E-state index contributed by atoms with van der Waals surface area (Å²) in [5.41, 5.74) is 1.28. The van der Waals surface area contributed by atoms with Crippen molar-refractivity contribution in [2.75, 3.05) is 6.54 Å². The lowest BCUT2D eigenvalue weighted by Crippen LogP contribution is -2.26. The zero-order valence-electron chi connectivity index (χ0n) is 11.5. The van der Waals surface area contributed by atoms with Gasteiger partial charge in [-0.15, -0.1) is 11.3 Å². The van der Waals surface area contributed by atoms with Gasteiger partial charge in [0, 0.05) is 11.4 Å². The van der Waals surface area contributed by atoms with Crippen LogP contribution in [-0.2, 0) is 6.42 Å². The van der Waals surface area contributed by atoms with E-state index in [4.69, 9.17) is 0 Å². The van der Waals surface area contributed by atoms with Crippen LogP contribution >= 0.6 is 11.3 Å². The van der Waals surface area contributed by atoms with Crippen molar-refractivity contribution in [3.63, 3.8) is 0 Å². The molecule has 1 aromatic heterocycles. The van der Waals surface area contributed by atoms with Crippen molar-refractivity contribution in [2.24, 2.45) is 0 Å². The number of aliphatic hydroxyl groups excluding tert-OH is 1. The zero-order chi connectivity index (χ0) is 13.5. The number of aliphatic hydroxyl groups is 1. The van der Waals surface area contributed by atoms with Crippen LogP contribution in [0.15, 0.2) is 6.07 Å². The number of amides is 1. The average Bonchev–Trinajstić information content (AvgIpc) is 2.71. The smallest absolute Gasteiger partial charge is 0.261 e. The van der Waals surface area contributed by atoms with Gasteiger partial charge in [-0.2, -0.15) is 0 Å². The molecule has 1 rings (SSSR count). The van der Waals surface area contributed by atoms with E-state index in [2.05, 4.69) is 19.2 Å². The molecule has 18 heavy (non-hydrogen) atoms. The van der Waals surface area contributed by atoms with Crippen LogP contribution in [-0.4, -0.2) is 23.7 Å². The Balaban J connectivity index is 2.48. The van der Waals surface area contributed by atoms with Crippen LogP contribution in [0.3, 0.4) is 0 Å². The molecule has 1 atom stereocenters. The fourth-order valence-corrected chi connectivity index (χ4v) is 2.78. The first-order valence-corrected chi connectivity index (χ1v) is 7.45. The van der Waals surface area contributed by atoms with Gasteiger partial charge in [0.05, 0.1) is 11.0 Å². The van der Waals surface area contributed by atoms with Crippen molar-refractivity contribution < 1.29 is 9.90 Å². The van der Waals surface area contributed by atoms with Gasteiger partial charge in [-0.05, 0) is 37.8 Å². The number of hydrogen-bond acceptors (Lipinski definition) is 3. The van der Waals surface area contributed by atoms with E-state index in [0.717, 1.165) is 24.1 Å². The molecule has 1 amide bonds. The average molecular weight is 269 g/mol. The summed E-state index contributed by atoms with van der Waals surface area (Å²) in [6, 6.07) is 2.00. The second-order valence-electron chi connectivity index (χ2n) is 4.55. The molecule has 1 unspecified atom stereocenters. The molecule has 0 bridgehead atoms. The Morgan fingerprint density at radius 2 is 2.22 bits per heavy atom. The number of hydrogen-bond donors (Lipinski definition) is 2. The molecule has 2 N–H and O–H groups in total. The maximum Gasteiger partial charge on any atom is 0.261 e. The lowest BCUT2D eigenvalue weighted by Gasteiger charge is -2.07. The molecule has 0 aliphatic heterocycles. The van der Waals surface area contributed by atoms with Crippen molar-refractivity contribution in [3.8, 4) is 0 Å². The van der Waals surface area contributed by atoms with Crippen molar-refractivity contribution >= 4 is 17.2 Å². The molecule has 0 aliphatic carbocycles. The summed E-state index contributed by atoms with van der Waals surface area (Å²) in [6.45, 7) is 6.68. The topological polar surface area (TPSA) is 49.3 Å². The van der Waals surface area contributed by atoms with E-state index in [1.54, 1.807) is 11.3 Å². The molecular weight excluding hydrogens is 246 g/mol. The number of rotatable bonds is 7. The maximum atomic E-state index is 11.9. The quantitative estimate of drug-likeness (QED) is 0.799. The molecule has 102 valence electrons. The number of nitrogens with one attached hydrogen (secondary N) is 1. The predicted molar refractivity (Wildman–Crippen MR) is 76.3 cm³/mol. The lowest BCUT2D eigenvalue weighted by molar-refractivity contribution is 0.0946. The molecule has 0 radical (unpaired) electrons. The summed E-state index contributed by atoms with van der Waals surface area (Å²) in [5.74, 6) is -0.0197. The standard InChI is InChI=1S/C14H23NO2S/c1-4-6-11-9-13(18-10(11)3)14(17)15-8-7-12(16)5-2/h9,12,16H,4-8H2,1-3H3,(H,15,17). The highest BCUT2D eigenvalue weighted by atomic mass is 32.1. The summed E-state index contributed by atoms with van der Waals surface area (Å²) >= 11 is 1.55. The normalized spacial score (nSPS) is 12.4. The molecule has 1 aromatic rings. The fraction of sp³-hybridized carbons (Fsp3) is 0.643. The van der Waals surface area contributed by atoms with Gasteiger partial charge in [0.15, 0.2) is 0 Å².